The quantitative estimate of drug-likeness (QED) is 0.211. The van der Waals surface area contributed by atoms with Crippen LogP contribution in [0.25, 0.3) is 44.0 Å². The molecule has 0 spiro atoms. The van der Waals surface area contributed by atoms with Crippen molar-refractivity contribution in [3.63, 3.8) is 0 Å². The van der Waals surface area contributed by atoms with Crippen LogP contribution in [0.2, 0.25) is 0 Å². The summed E-state index contributed by atoms with van der Waals surface area (Å²) < 4.78 is 19.0. The normalized spacial score (nSPS) is 15.0. The van der Waals surface area contributed by atoms with E-state index >= 15 is 0 Å². The van der Waals surface area contributed by atoms with Gasteiger partial charge >= 0.3 is 0 Å². The van der Waals surface area contributed by atoms with Gasteiger partial charge in [0.25, 0.3) is 0 Å². The number of hydrogen-bond acceptors (Lipinski definition) is 2. The van der Waals surface area contributed by atoms with Crippen LogP contribution in [0.4, 0.5) is 4.39 Å². The molecule has 200 valence electrons. The molecule has 0 N–H and O–H groups in total. The van der Waals surface area contributed by atoms with E-state index in [9.17, 15) is 9.18 Å². The molecule has 0 amide bonds. The molecule has 1 aliphatic rings. The lowest BCUT2D eigenvalue weighted by molar-refractivity contribution is 0.101. The first-order valence-electron chi connectivity index (χ1n) is 14.1. The van der Waals surface area contributed by atoms with Crippen molar-refractivity contribution in [2.45, 2.75) is 32.4 Å². The monoisotopic (exact) mass is 529 g/mol. The molecule has 0 radical (unpaired) electrons. The van der Waals surface area contributed by atoms with Gasteiger partial charge in [-0.05, 0) is 44.0 Å². The number of para-hydroxylation sites is 2. The first-order chi connectivity index (χ1) is 19.5. The number of likely N-dealkylation sites (tertiary alicyclic amines) is 1. The molecule has 0 unspecified atom stereocenters. The van der Waals surface area contributed by atoms with E-state index in [0.29, 0.717) is 12.6 Å². The van der Waals surface area contributed by atoms with Crippen molar-refractivity contribution in [2.75, 3.05) is 13.1 Å². The molecule has 4 nitrogen and oxygen atoms in total. The molecule has 4 aromatic carbocycles. The summed E-state index contributed by atoms with van der Waals surface area (Å²) in [5, 5.41) is 3.40. The Morgan fingerprint density at radius 3 is 2.20 bits per heavy atom. The Morgan fingerprint density at radius 2 is 1.45 bits per heavy atom. The average molecular weight is 530 g/mol. The van der Waals surface area contributed by atoms with Gasteiger partial charge in [0.1, 0.15) is 5.82 Å². The van der Waals surface area contributed by atoms with Crippen LogP contribution >= 0.6 is 0 Å². The summed E-state index contributed by atoms with van der Waals surface area (Å²) in [7, 11) is 2.06. The molecular formula is C35H32FN3O. The zero-order valence-corrected chi connectivity index (χ0v) is 22.9. The van der Waals surface area contributed by atoms with Crippen molar-refractivity contribution in [1.82, 2.24) is 14.0 Å². The average Bonchev–Trinajstić information content (AvgIpc) is 3.47. The molecule has 0 atom stereocenters. The molecule has 1 aliphatic heterocycles. The molecule has 0 bridgehead atoms. The van der Waals surface area contributed by atoms with E-state index < -0.39 is 0 Å². The first-order valence-corrected chi connectivity index (χ1v) is 14.1. The van der Waals surface area contributed by atoms with Gasteiger partial charge in [0, 0.05) is 71.0 Å². The van der Waals surface area contributed by atoms with Crippen molar-refractivity contribution < 1.29 is 9.18 Å². The van der Waals surface area contributed by atoms with Crippen LogP contribution in [0.5, 0.6) is 0 Å². The molecular weight excluding hydrogens is 497 g/mol. The van der Waals surface area contributed by atoms with E-state index in [1.54, 1.807) is 19.1 Å². The number of Topliss-reactive ketones (excluding diaryl/α,β-unsaturated/α-hetero) is 1. The Morgan fingerprint density at radius 1 is 0.800 bits per heavy atom. The Hall–Kier alpha value is -4.22. The number of carbonyl (C=O) groups excluding carboxylic acids is 1. The second kappa shape index (κ2) is 9.76. The molecule has 5 heteroatoms. The van der Waals surface area contributed by atoms with Gasteiger partial charge in [-0.3, -0.25) is 9.69 Å². The van der Waals surface area contributed by atoms with Gasteiger partial charge in [-0.15, -0.1) is 0 Å². The van der Waals surface area contributed by atoms with E-state index in [1.165, 1.54) is 21.8 Å². The smallest absolute Gasteiger partial charge is 0.162 e. The lowest BCUT2D eigenvalue weighted by Gasteiger charge is -2.33. The van der Waals surface area contributed by atoms with E-state index in [4.69, 9.17) is 0 Å². The summed E-state index contributed by atoms with van der Waals surface area (Å²) in [6, 6.07) is 30.8. The number of nitrogens with zero attached hydrogens (tertiary/aromatic N) is 3. The van der Waals surface area contributed by atoms with Crippen molar-refractivity contribution in [2.24, 2.45) is 7.05 Å². The summed E-state index contributed by atoms with van der Waals surface area (Å²) in [6.45, 7) is 4.16. The fourth-order valence-corrected chi connectivity index (χ4v) is 6.91. The van der Waals surface area contributed by atoms with Crippen LogP contribution < -0.4 is 0 Å². The minimum absolute atomic E-state index is 0.0785. The van der Waals surface area contributed by atoms with Gasteiger partial charge in [-0.2, -0.15) is 0 Å². The number of carbonyl (C=O) groups is 1. The van der Waals surface area contributed by atoms with Crippen molar-refractivity contribution >= 4 is 38.5 Å². The van der Waals surface area contributed by atoms with Crippen molar-refractivity contribution in [3.05, 3.63) is 108 Å². The highest BCUT2D eigenvalue weighted by Crippen LogP contribution is 2.43. The van der Waals surface area contributed by atoms with Crippen LogP contribution in [-0.2, 0) is 13.6 Å². The van der Waals surface area contributed by atoms with Gasteiger partial charge in [0.05, 0.1) is 16.8 Å². The van der Waals surface area contributed by atoms with E-state index in [0.717, 1.165) is 59.2 Å². The maximum Gasteiger partial charge on any atom is 0.162 e. The number of benzene rings is 4. The highest BCUT2D eigenvalue weighted by atomic mass is 19.1. The largest absolute Gasteiger partial charge is 0.343 e. The van der Waals surface area contributed by atoms with Crippen LogP contribution in [-0.4, -0.2) is 32.9 Å². The van der Waals surface area contributed by atoms with Gasteiger partial charge in [-0.1, -0.05) is 66.7 Å². The second-order valence-corrected chi connectivity index (χ2v) is 11.0. The van der Waals surface area contributed by atoms with E-state index in [-0.39, 0.29) is 11.6 Å². The van der Waals surface area contributed by atoms with Crippen molar-refractivity contribution in [1.29, 1.82) is 0 Å². The molecule has 2 aromatic heterocycles. The third-order valence-electron chi connectivity index (χ3n) is 8.72. The van der Waals surface area contributed by atoms with Gasteiger partial charge in [0.2, 0.25) is 0 Å². The maximum atomic E-state index is 14.3. The lowest BCUT2D eigenvalue weighted by atomic mass is 9.98. The Labute approximate surface area is 233 Å². The topological polar surface area (TPSA) is 30.2 Å². The Bertz CT molecular complexity index is 1910. The zero-order valence-electron chi connectivity index (χ0n) is 22.9. The fourth-order valence-electron chi connectivity index (χ4n) is 6.91. The summed E-state index contributed by atoms with van der Waals surface area (Å²) >= 11 is 0. The molecule has 3 heterocycles. The summed E-state index contributed by atoms with van der Waals surface area (Å²) in [5.41, 5.74) is 7.09. The number of aromatic nitrogens is 2. The molecule has 0 saturated carbocycles. The summed E-state index contributed by atoms with van der Waals surface area (Å²) in [6.07, 6.45) is 2.00. The summed E-state index contributed by atoms with van der Waals surface area (Å²) in [5.74, 6) is -0.0485. The lowest BCUT2D eigenvalue weighted by Crippen LogP contribution is -2.34. The number of ketones is 1. The molecule has 0 aliphatic carbocycles. The third kappa shape index (κ3) is 3.88. The van der Waals surface area contributed by atoms with E-state index in [1.807, 2.05) is 30.3 Å². The first kappa shape index (κ1) is 24.8. The standard InChI is InChI=1S/C35H32FN3O/c1-23(40)33-26-11-4-7-15-30(26)37(2)35(33)28-13-9-17-32-34(28)27-12-5-8-16-31(27)39(32)25-18-20-38(21-19-25)22-24-10-3-6-14-29(24)36/h3-17,25H,18-22H2,1-2H3. The number of hydrogen-bond donors (Lipinski definition) is 0. The number of rotatable bonds is 5. The summed E-state index contributed by atoms with van der Waals surface area (Å²) in [4.78, 5) is 15.4. The molecule has 1 fully saturated rings. The molecule has 40 heavy (non-hydrogen) atoms. The van der Waals surface area contributed by atoms with Crippen molar-refractivity contribution in [3.8, 4) is 11.3 Å². The Balaban J connectivity index is 1.34. The third-order valence-corrected chi connectivity index (χ3v) is 8.72. The highest BCUT2D eigenvalue weighted by Gasteiger charge is 2.27. The fraction of sp³-hybridized carbons (Fsp3) is 0.229. The van der Waals surface area contributed by atoms with Gasteiger partial charge in [-0.25, -0.2) is 4.39 Å². The molecule has 1 saturated heterocycles. The van der Waals surface area contributed by atoms with Gasteiger partial charge < -0.3 is 9.13 Å². The number of piperidine rings is 1. The molecule has 7 rings (SSSR count). The van der Waals surface area contributed by atoms with Gasteiger partial charge in [0.15, 0.2) is 5.78 Å². The predicted molar refractivity (Wildman–Crippen MR) is 161 cm³/mol. The predicted octanol–water partition coefficient (Wildman–Crippen LogP) is 8.13. The van der Waals surface area contributed by atoms with Crippen LogP contribution in [0.1, 0.15) is 41.7 Å². The zero-order chi connectivity index (χ0) is 27.4. The second-order valence-electron chi connectivity index (χ2n) is 11.0. The van der Waals surface area contributed by atoms with Crippen LogP contribution in [0.15, 0.2) is 91.0 Å². The van der Waals surface area contributed by atoms with Crippen LogP contribution in [0, 0.1) is 5.82 Å². The highest BCUT2D eigenvalue weighted by molar-refractivity contribution is 6.19. The molecule has 6 aromatic rings. The number of aryl methyl sites for hydroxylation is 1. The minimum Gasteiger partial charge on any atom is -0.343 e. The minimum atomic E-state index is -0.127. The van der Waals surface area contributed by atoms with E-state index in [2.05, 4.69) is 69.6 Å². The Kier molecular flexibility index (Phi) is 6.05. The maximum absolute atomic E-state index is 14.3. The number of halogens is 1. The SMILES string of the molecule is CC(=O)c1c(-c2cccc3c2c2ccccc2n3C2CCN(Cc3ccccc3F)CC2)n(C)c2ccccc12. The van der Waals surface area contributed by atoms with Crippen LogP contribution in [0.3, 0.4) is 0 Å². The number of fused-ring (bicyclic) bond motifs is 4.